The van der Waals surface area contributed by atoms with E-state index in [0.717, 1.165) is 25.7 Å². The third-order valence-corrected chi connectivity index (χ3v) is 3.77. The molecule has 0 heterocycles. The molecule has 0 spiro atoms. The van der Waals surface area contributed by atoms with Crippen molar-refractivity contribution in [3.63, 3.8) is 0 Å². The summed E-state index contributed by atoms with van der Waals surface area (Å²) >= 11 is 0. The van der Waals surface area contributed by atoms with Crippen molar-refractivity contribution in [1.29, 1.82) is 0 Å². The summed E-state index contributed by atoms with van der Waals surface area (Å²) in [6.45, 7) is 2.53. The molecule has 0 bridgehead atoms. The Labute approximate surface area is 114 Å². The third-order valence-electron chi connectivity index (χ3n) is 3.77. The van der Waals surface area contributed by atoms with Crippen LogP contribution in [0.2, 0.25) is 0 Å². The van der Waals surface area contributed by atoms with Crippen LogP contribution in [0, 0.1) is 11.8 Å². The summed E-state index contributed by atoms with van der Waals surface area (Å²) in [6, 6.07) is -0.0149. The molecule has 0 aliphatic heterocycles. The first-order valence-corrected chi connectivity index (χ1v) is 7.12. The topological polar surface area (TPSA) is 75.6 Å². The second-order valence-corrected chi connectivity index (χ2v) is 5.29. The van der Waals surface area contributed by atoms with Gasteiger partial charge in [-0.1, -0.05) is 26.2 Å². The largest absolute Gasteiger partial charge is 0.481 e. The fourth-order valence-electron chi connectivity index (χ4n) is 2.80. The predicted molar refractivity (Wildman–Crippen MR) is 71.8 cm³/mol. The van der Waals surface area contributed by atoms with Gasteiger partial charge in [0, 0.05) is 7.11 Å². The first-order chi connectivity index (χ1) is 9.10. The number of carboxylic acids is 1. The summed E-state index contributed by atoms with van der Waals surface area (Å²) in [5, 5.41) is 12.1. The molecule has 1 fully saturated rings. The normalized spacial score (nSPS) is 24.7. The van der Waals surface area contributed by atoms with E-state index in [1.54, 1.807) is 7.11 Å². The van der Waals surface area contributed by atoms with Crippen LogP contribution < -0.4 is 5.32 Å². The van der Waals surface area contributed by atoms with E-state index in [1.807, 2.05) is 0 Å². The average Bonchev–Trinajstić information content (AvgIpc) is 2.39. The van der Waals surface area contributed by atoms with Crippen molar-refractivity contribution in [2.45, 2.75) is 51.5 Å². The van der Waals surface area contributed by atoms with Gasteiger partial charge in [0.25, 0.3) is 0 Å². The van der Waals surface area contributed by atoms with Gasteiger partial charge in [-0.2, -0.15) is 0 Å². The van der Waals surface area contributed by atoms with Gasteiger partial charge in [0.15, 0.2) is 0 Å². The molecule has 110 valence electrons. The zero-order chi connectivity index (χ0) is 14.3. The number of carbonyl (C=O) groups is 2. The zero-order valence-electron chi connectivity index (χ0n) is 11.9. The molecule has 5 heteroatoms. The molecular weight excluding hydrogens is 246 g/mol. The van der Waals surface area contributed by atoms with Gasteiger partial charge >= 0.3 is 5.97 Å². The minimum atomic E-state index is -0.848. The number of ether oxygens (including phenoxy) is 1. The number of rotatable bonds is 7. The lowest BCUT2D eigenvalue weighted by Crippen LogP contribution is -2.45. The molecule has 1 aliphatic rings. The molecule has 3 atom stereocenters. The van der Waals surface area contributed by atoms with Crippen LogP contribution in [0.1, 0.15) is 45.4 Å². The van der Waals surface area contributed by atoms with E-state index in [9.17, 15) is 14.7 Å². The van der Waals surface area contributed by atoms with Crippen LogP contribution in [-0.2, 0) is 14.3 Å². The number of nitrogens with one attached hydrogen (secondary N) is 1. The van der Waals surface area contributed by atoms with Gasteiger partial charge in [0.05, 0.1) is 24.5 Å². The van der Waals surface area contributed by atoms with Crippen molar-refractivity contribution in [3.8, 4) is 0 Å². The van der Waals surface area contributed by atoms with Crippen LogP contribution in [-0.4, -0.2) is 36.7 Å². The Morgan fingerprint density at radius 1 is 1.32 bits per heavy atom. The van der Waals surface area contributed by atoms with Crippen molar-refractivity contribution in [3.05, 3.63) is 0 Å². The maximum Gasteiger partial charge on any atom is 0.307 e. The van der Waals surface area contributed by atoms with E-state index >= 15 is 0 Å². The monoisotopic (exact) mass is 271 g/mol. The van der Waals surface area contributed by atoms with Crippen LogP contribution in [0.5, 0.6) is 0 Å². The fraction of sp³-hybridized carbons (Fsp3) is 0.857. The SMILES string of the molecule is CCCC(COC)NC(=O)[C@@H]1CCCC[C@@H]1C(=O)O. The molecule has 1 saturated carbocycles. The van der Waals surface area contributed by atoms with Crippen molar-refractivity contribution < 1.29 is 19.4 Å². The standard InChI is InChI=1S/C14H25NO4/c1-3-6-10(9-19-2)15-13(16)11-7-4-5-8-12(11)14(17)18/h10-12H,3-9H2,1-2H3,(H,15,16)(H,17,18)/t10?,11-,12+/m1/s1. The quantitative estimate of drug-likeness (QED) is 0.740. The number of carboxylic acid groups (broad SMARTS) is 1. The van der Waals surface area contributed by atoms with E-state index in [0.29, 0.717) is 19.4 Å². The van der Waals surface area contributed by atoms with E-state index < -0.39 is 11.9 Å². The highest BCUT2D eigenvalue weighted by Crippen LogP contribution is 2.30. The molecular formula is C14H25NO4. The third kappa shape index (κ3) is 4.82. The number of hydrogen-bond donors (Lipinski definition) is 2. The molecule has 0 aromatic heterocycles. The van der Waals surface area contributed by atoms with E-state index in [-0.39, 0.29) is 17.9 Å². The Hall–Kier alpha value is -1.10. The Morgan fingerprint density at radius 2 is 1.95 bits per heavy atom. The van der Waals surface area contributed by atoms with E-state index in [2.05, 4.69) is 12.2 Å². The maximum absolute atomic E-state index is 12.2. The molecule has 0 aromatic carbocycles. The molecule has 1 amide bonds. The lowest BCUT2D eigenvalue weighted by Gasteiger charge is -2.29. The highest BCUT2D eigenvalue weighted by molar-refractivity contribution is 5.85. The summed E-state index contributed by atoms with van der Waals surface area (Å²) in [5.74, 6) is -1.89. The number of hydrogen-bond acceptors (Lipinski definition) is 3. The van der Waals surface area contributed by atoms with Crippen molar-refractivity contribution >= 4 is 11.9 Å². The van der Waals surface area contributed by atoms with E-state index in [4.69, 9.17) is 4.74 Å². The van der Waals surface area contributed by atoms with Crippen LogP contribution in [0.4, 0.5) is 0 Å². The van der Waals surface area contributed by atoms with Gasteiger partial charge in [-0.3, -0.25) is 9.59 Å². The van der Waals surface area contributed by atoms with Crippen LogP contribution in [0.25, 0.3) is 0 Å². The number of carbonyl (C=O) groups excluding carboxylic acids is 1. The molecule has 1 aliphatic carbocycles. The Balaban J connectivity index is 2.60. The summed E-state index contributed by atoms with van der Waals surface area (Å²) in [4.78, 5) is 23.4. The number of methoxy groups -OCH3 is 1. The Bertz CT molecular complexity index is 300. The highest BCUT2D eigenvalue weighted by Gasteiger charge is 2.36. The van der Waals surface area contributed by atoms with Gasteiger partial charge in [-0.15, -0.1) is 0 Å². The predicted octanol–water partition coefficient (Wildman–Crippen LogP) is 1.81. The Kier molecular flexibility index (Phi) is 6.84. The van der Waals surface area contributed by atoms with Crippen molar-refractivity contribution in [2.24, 2.45) is 11.8 Å². The van der Waals surface area contributed by atoms with Gasteiger partial charge < -0.3 is 15.2 Å². The minimum Gasteiger partial charge on any atom is -0.481 e. The van der Waals surface area contributed by atoms with Crippen LogP contribution in [0.3, 0.4) is 0 Å². The molecule has 1 unspecified atom stereocenters. The fourth-order valence-corrected chi connectivity index (χ4v) is 2.80. The molecule has 0 saturated heterocycles. The van der Waals surface area contributed by atoms with Crippen LogP contribution >= 0.6 is 0 Å². The average molecular weight is 271 g/mol. The first kappa shape index (κ1) is 16.0. The van der Waals surface area contributed by atoms with Gasteiger partial charge in [-0.05, 0) is 19.3 Å². The van der Waals surface area contributed by atoms with Crippen LogP contribution in [0.15, 0.2) is 0 Å². The number of amides is 1. The lowest BCUT2D eigenvalue weighted by atomic mass is 9.78. The summed E-state index contributed by atoms with van der Waals surface area (Å²) in [6.07, 6.45) is 4.93. The van der Waals surface area contributed by atoms with E-state index in [1.165, 1.54) is 0 Å². The second kappa shape index (κ2) is 8.15. The highest BCUT2D eigenvalue weighted by atomic mass is 16.5. The molecule has 0 radical (unpaired) electrons. The summed E-state index contributed by atoms with van der Waals surface area (Å²) < 4.78 is 5.09. The zero-order valence-corrected chi connectivity index (χ0v) is 11.9. The van der Waals surface area contributed by atoms with Crippen molar-refractivity contribution in [1.82, 2.24) is 5.32 Å². The lowest BCUT2D eigenvalue weighted by molar-refractivity contribution is -0.149. The molecule has 19 heavy (non-hydrogen) atoms. The number of aliphatic carboxylic acids is 1. The van der Waals surface area contributed by atoms with Gasteiger partial charge in [0.2, 0.25) is 5.91 Å². The van der Waals surface area contributed by atoms with Gasteiger partial charge in [0.1, 0.15) is 0 Å². The smallest absolute Gasteiger partial charge is 0.307 e. The maximum atomic E-state index is 12.2. The van der Waals surface area contributed by atoms with Crippen molar-refractivity contribution in [2.75, 3.05) is 13.7 Å². The Morgan fingerprint density at radius 3 is 2.47 bits per heavy atom. The summed E-state index contributed by atoms with van der Waals surface area (Å²) in [7, 11) is 1.61. The summed E-state index contributed by atoms with van der Waals surface area (Å²) in [5.41, 5.74) is 0. The first-order valence-electron chi connectivity index (χ1n) is 7.12. The minimum absolute atomic E-state index is 0.0149. The molecule has 2 N–H and O–H groups in total. The molecule has 5 nitrogen and oxygen atoms in total. The second-order valence-electron chi connectivity index (χ2n) is 5.29. The van der Waals surface area contributed by atoms with Gasteiger partial charge in [-0.25, -0.2) is 0 Å². The molecule has 1 rings (SSSR count). The molecule has 0 aromatic rings.